The minimum absolute atomic E-state index is 0.0677. The predicted octanol–water partition coefficient (Wildman–Crippen LogP) is 3.56. The van der Waals surface area contributed by atoms with Crippen LogP contribution in [0.5, 0.6) is 17.2 Å². The van der Waals surface area contributed by atoms with Gasteiger partial charge >= 0.3 is 5.97 Å². The fourth-order valence-electron chi connectivity index (χ4n) is 2.85. The molecule has 0 unspecified atom stereocenters. The number of hydrogen-bond acceptors (Lipinski definition) is 7. The first-order chi connectivity index (χ1) is 14.8. The second-order valence-electron chi connectivity index (χ2n) is 6.29. The van der Waals surface area contributed by atoms with Gasteiger partial charge in [-0.1, -0.05) is 6.07 Å². The zero-order valence-corrected chi connectivity index (χ0v) is 17.7. The molecule has 0 spiro atoms. The third-order valence-corrected chi connectivity index (χ3v) is 5.15. The Morgan fingerprint density at radius 3 is 2.39 bits per heavy atom. The second-order valence-corrected chi connectivity index (χ2v) is 7.32. The number of aliphatic carboxylic acids is 1. The summed E-state index contributed by atoms with van der Waals surface area (Å²) in [6.45, 7) is 0. The molecule has 0 radical (unpaired) electrons. The Labute approximate surface area is 181 Å². The van der Waals surface area contributed by atoms with Gasteiger partial charge in [-0.2, -0.15) is 4.99 Å². The lowest BCUT2D eigenvalue weighted by Gasteiger charge is -2.13. The molecule has 0 saturated carbocycles. The van der Waals surface area contributed by atoms with Gasteiger partial charge in [0.15, 0.2) is 16.7 Å². The van der Waals surface area contributed by atoms with Gasteiger partial charge < -0.3 is 24.6 Å². The van der Waals surface area contributed by atoms with E-state index in [2.05, 4.69) is 10.3 Å². The van der Waals surface area contributed by atoms with Crippen LogP contribution in [0.15, 0.2) is 40.2 Å². The number of aliphatic imine (C=N–C) groups is 1. The number of anilines is 1. The van der Waals surface area contributed by atoms with Crippen LogP contribution in [0.3, 0.4) is 0 Å². The lowest BCUT2D eigenvalue weighted by molar-refractivity contribution is -0.136. The number of methoxy groups -OCH3 is 3. The number of carbonyl (C=O) groups excluding carboxylic acids is 1. The fourth-order valence-corrected chi connectivity index (χ4v) is 3.69. The number of nitrogens with one attached hydrogen (secondary N) is 1. The Bertz CT molecular complexity index is 1070. The van der Waals surface area contributed by atoms with Crippen LogP contribution in [-0.4, -0.2) is 43.5 Å². The van der Waals surface area contributed by atoms with E-state index in [0.717, 1.165) is 17.8 Å². The molecular formula is C21H19FN2O6S. The Hall–Kier alpha value is -3.53. The smallest absolute Gasteiger partial charge is 0.307 e. The van der Waals surface area contributed by atoms with E-state index in [4.69, 9.17) is 19.3 Å². The molecule has 0 fully saturated rings. The molecule has 10 heteroatoms. The van der Waals surface area contributed by atoms with Crippen LogP contribution in [-0.2, 0) is 16.0 Å². The molecule has 1 aliphatic rings. The molecule has 2 aromatic carbocycles. The molecule has 2 N–H and O–H groups in total. The topological polar surface area (TPSA) is 106 Å². The van der Waals surface area contributed by atoms with Crippen molar-refractivity contribution in [2.45, 2.75) is 6.42 Å². The van der Waals surface area contributed by atoms with Gasteiger partial charge in [0, 0.05) is 5.69 Å². The van der Waals surface area contributed by atoms with E-state index in [9.17, 15) is 14.0 Å². The van der Waals surface area contributed by atoms with Crippen molar-refractivity contribution in [3.05, 3.63) is 52.2 Å². The molecule has 0 aromatic heterocycles. The molecule has 0 aliphatic carbocycles. The van der Waals surface area contributed by atoms with E-state index in [1.807, 2.05) is 0 Å². The van der Waals surface area contributed by atoms with Crippen molar-refractivity contribution in [3.8, 4) is 17.2 Å². The van der Waals surface area contributed by atoms with Gasteiger partial charge in [-0.3, -0.25) is 9.59 Å². The van der Waals surface area contributed by atoms with Gasteiger partial charge in [-0.05, 0) is 53.2 Å². The van der Waals surface area contributed by atoms with Crippen molar-refractivity contribution in [1.82, 2.24) is 0 Å². The third-order valence-electron chi connectivity index (χ3n) is 4.25. The third kappa shape index (κ3) is 5.15. The van der Waals surface area contributed by atoms with Crippen LogP contribution in [0.1, 0.15) is 11.1 Å². The second kappa shape index (κ2) is 9.52. The number of amidine groups is 1. The number of halogens is 1. The zero-order valence-electron chi connectivity index (χ0n) is 16.9. The summed E-state index contributed by atoms with van der Waals surface area (Å²) >= 11 is 1.09. The highest BCUT2D eigenvalue weighted by molar-refractivity contribution is 8.18. The fraction of sp³-hybridized carbons (Fsp3) is 0.190. The lowest BCUT2D eigenvalue weighted by atomic mass is 10.1. The van der Waals surface area contributed by atoms with Crippen molar-refractivity contribution >= 4 is 40.6 Å². The number of carboxylic acids is 1. The maximum Gasteiger partial charge on any atom is 0.307 e. The van der Waals surface area contributed by atoms with E-state index < -0.39 is 24.1 Å². The highest BCUT2D eigenvalue weighted by Crippen LogP contribution is 2.39. The predicted molar refractivity (Wildman–Crippen MR) is 115 cm³/mol. The van der Waals surface area contributed by atoms with E-state index in [1.54, 1.807) is 18.2 Å². The number of carbonyl (C=O) groups is 2. The molecule has 8 nitrogen and oxygen atoms in total. The van der Waals surface area contributed by atoms with Crippen molar-refractivity contribution in [2.75, 3.05) is 26.6 Å². The summed E-state index contributed by atoms with van der Waals surface area (Å²) in [7, 11) is 4.49. The quantitative estimate of drug-likeness (QED) is 0.622. The van der Waals surface area contributed by atoms with Crippen molar-refractivity contribution in [2.24, 2.45) is 4.99 Å². The van der Waals surface area contributed by atoms with Gasteiger partial charge in [-0.25, -0.2) is 4.39 Å². The lowest BCUT2D eigenvalue weighted by Crippen LogP contribution is -2.07. The van der Waals surface area contributed by atoms with Gasteiger partial charge in [0.25, 0.3) is 5.91 Å². The van der Waals surface area contributed by atoms with Gasteiger partial charge in [0.05, 0.1) is 32.7 Å². The highest BCUT2D eigenvalue weighted by Gasteiger charge is 2.23. The van der Waals surface area contributed by atoms with Gasteiger partial charge in [-0.15, -0.1) is 0 Å². The summed E-state index contributed by atoms with van der Waals surface area (Å²) in [6, 6.07) is 7.46. The average molecular weight is 446 g/mol. The van der Waals surface area contributed by atoms with Crippen LogP contribution in [0, 0.1) is 5.82 Å². The number of thioether (sulfide) groups is 1. The minimum Gasteiger partial charge on any atom is -0.493 e. The summed E-state index contributed by atoms with van der Waals surface area (Å²) in [6.07, 6.45) is 1.22. The van der Waals surface area contributed by atoms with Crippen molar-refractivity contribution in [1.29, 1.82) is 0 Å². The molecule has 1 amide bonds. The molecule has 31 heavy (non-hydrogen) atoms. The average Bonchev–Trinajstić information content (AvgIpc) is 3.07. The molecule has 1 aliphatic heterocycles. The Morgan fingerprint density at radius 2 is 1.84 bits per heavy atom. The summed E-state index contributed by atoms with van der Waals surface area (Å²) < 4.78 is 30.0. The molecular weight excluding hydrogens is 427 g/mol. The summed E-state index contributed by atoms with van der Waals surface area (Å²) in [5.41, 5.74) is 1.06. The number of amides is 1. The Balaban J connectivity index is 1.78. The number of hydrogen-bond donors (Lipinski definition) is 2. The van der Waals surface area contributed by atoms with E-state index in [0.29, 0.717) is 33.4 Å². The number of benzene rings is 2. The molecule has 0 atom stereocenters. The monoisotopic (exact) mass is 446 g/mol. The number of rotatable bonds is 7. The first-order valence-corrected chi connectivity index (χ1v) is 9.76. The van der Waals surface area contributed by atoms with E-state index in [1.165, 1.54) is 33.5 Å². The number of nitrogens with zero attached hydrogens (tertiary/aromatic N) is 1. The highest BCUT2D eigenvalue weighted by atomic mass is 32.2. The van der Waals surface area contributed by atoms with Crippen LogP contribution in [0.25, 0.3) is 6.08 Å². The van der Waals surface area contributed by atoms with Crippen LogP contribution in [0.2, 0.25) is 0 Å². The van der Waals surface area contributed by atoms with Gasteiger partial charge in [0.2, 0.25) is 5.75 Å². The standard InChI is InChI=1S/C21H19FN2O6S/c1-28-15-6-11(7-16(29-2)19(15)30-3)8-17-20(27)24-21(31-17)23-13-5-4-12(9-18(25)26)14(22)10-13/h4-8,10H,9H2,1-3H3,(H,25,26)(H,23,24,27). The molecule has 162 valence electrons. The van der Waals surface area contributed by atoms with Crippen molar-refractivity contribution in [3.63, 3.8) is 0 Å². The van der Waals surface area contributed by atoms with Gasteiger partial charge in [0.1, 0.15) is 5.82 Å². The summed E-state index contributed by atoms with van der Waals surface area (Å²) in [4.78, 5) is 27.3. The molecule has 0 saturated heterocycles. The van der Waals surface area contributed by atoms with Crippen LogP contribution >= 0.6 is 11.8 Å². The van der Waals surface area contributed by atoms with Crippen molar-refractivity contribution < 1.29 is 33.3 Å². The number of ether oxygens (including phenoxy) is 3. The minimum atomic E-state index is -1.12. The van der Waals surface area contributed by atoms with E-state index in [-0.39, 0.29) is 10.7 Å². The Kier molecular flexibility index (Phi) is 6.81. The van der Waals surface area contributed by atoms with E-state index >= 15 is 0 Å². The molecule has 1 heterocycles. The Morgan fingerprint density at radius 1 is 1.16 bits per heavy atom. The first kappa shape index (κ1) is 22.2. The van der Waals surface area contributed by atoms with Crippen LogP contribution in [0.4, 0.5) is 10.1 Å². The maximum absolute atomic E-state index is 14.1. The summed E-state index contributed by atoms with van der Waals surface area (Å²) in [5, 5.41) is 11.9. The normalized spacial score (nSPS) is 14.4. The maximum atomic E-state index is 14.1. The molecule has 2 aromatic rings. The largest absolute Gasteiger partial charge is 0.493 e. The van der Waals surface area contributed by atoms with Crippen LogP contribution < -0.4 is 19.5 Å². The SMILES string of the molecule is COc1cc(C=C2SC(Nc3ccc(CC(=O)O)c(F)c3)=NC2=O)cc(OC)c1OC. The molecule has 3 rings (SSSR count). The summed E-state index contributed by atoms with van der Waals surface area (Å²) in [5.74, 6) is -0.910. The number of carboxylic acid groups (broad SMARTS) is 1. The molecule has 0 bridgehead atoms. The zero-order chi connectivity index (χ0) is 22.5. The first-order valence-electron chi connectivity index (χ1n) is 8.94.